The van der Waals surface area contributed by atoms with Crippen molar-refractivity contribution in [3.8, 4) is 0 Å². The lowest BCUT2D eigenvalue weighted by atomic mass is 9.95. The Hall–Kier alpha value is -2.82. The van der Waals surface area contributed by atoms with E-state index in [2.05, 4.69) is 60.8 Å². The summed E-state index contributed by atoms with van der Waals surface area (Å²) >= 11 is 0. The minimum Gasteiger partial charge on any atom is -0.330 e. The molecule has 0 aliphatic heterocycles. The molecule has 1 aromatic heterocycles. The van der Waals surface area contributed by atoms with Crippen LogP contribution in [0.1, 0.15) is 37.9 Å². The molecule has 2 aromatic carbocycles. The van der Waals surface area contributed by atoms with E-state index in [0.717, 1.165) is 23.0 Å². The van der Waals surface area contributed by atoms with Gasteiger partial charge in [-0.2, -0.15) is 0 Å². The van der Waals surface area contributed by atoms with Crippen LogP contribution in [0.4, 0.5) is 4.79 Å². The molecule has 5 nitrogen and oxygen atoms in total. The predicted molar refractivity (Wildman–Crippen MR) is 101 cm³/mol. The van der Waals surface area contributed by atoms with Gasteiger partial charge >= 0.3 is 6.03 Å². The van der Waals surface area contributed by atoms with Crippen LogP contribution in [-0.2, 0) is 6.42 Å². The molecule has 0 spiro atoms. The largest absolute Gasteiger partial charge is 0.334 e. The molecule has 2 amide bonds. The fraction of sp³-hybridized carbons (Fsp3) is 0.300. The van der Waals surface area contributed by atoms with Crippen molar-refractivity contribution in [2.24, 2.45) is 5.92 Å². The van der Waals surface area contributed by atoms with Crippen LogP contribution >= 0.6 is 0 Å². The summed E-state index contributed by atoms with van der Waals surface area (Å²) < 4.78 is 1.64. The maximum absolute atomic E-state index is 12.5. The molecule has 130 valence electrons. The SMILES string of the molecule is CCc1ccc(C(NC(=O)Nn2cnc3ccccc32)C(C)C)cc1. The monoisotopic (exact) mass is 336 g/mol. The second-order valence-electron chi connectivity index (χ2n) is 6.51. The number of hydrogen-bond acceptors (Lipinski definition) is 2. The first-order valence-electron chi connectivity index (χ1n) is 8.67. The number of urea groups is 1. The Labute approximate surface area is 148 Å². The molecule has 5 heteroatoms. The zero-order valence-corrected chi connectivity index (χ0v) is 14.9. The number of benzene rings is 2. The molecule has 2 N–H and O–H groups in total. The molecule has 25 heavy (non-hydrogen) atoms. The summed E-state index contributed by atoms with van der Waals surface area (Å²) in [4.78, 5) is 16.8. The fourth-order valence-corrected chi connectivity index (χ4v) is 2.93. The van der Waals surface area contributed by atoms with Gasteiger partial charge in [-0.05, 0) is 35.6 Å². The zero-order chi connectivity index (χ0) is 17.8. The Morgan fingerprint density at radius 1 is 1.12 bits per heavy atom. The number of carbonyl (C=O) groups is 1. The first-order chi connectivity index (χ1) is 12.1. The lowest BCUT2D eigenvalue weighted by Gasteiger charge is -2.23. The lowest BCUT2D eigenvalue weighted by molar-refractivity contribution is 0.242. The van der Waals surface area contributed by atoms with E-state index in [1.165, 1.54) is 5.56 Å². The number of fused-ring (bicyclic) bond motifs is 1. The van der Waals surface area contributed by atoms with Crippen molar-refractivity contribution in [1.29, 1.82) is 0 Å². The summed E-state index contributed by atoms with van der Waals surface area (Å²) in [6.45, 7) is 6.34. The minimum atomic E-state index is -0.249. The molecule has 3 rings (SSSR count). The standard InChI is InChI=1S/C20H24N4O/c1-4-15-9-11-16(12-10-15)19(14(2)3)22-20(25)23-24-13-21-17-7-5-6-8-18(17)24/h5-14,19H,4H2,1-3H3,(H2,22,23,25). The van der Waals surface area contributed by atoms with E-state index in [9.17, 15) is 4.79 Å². The molecule has 0 saturated carbocycles. The smallest absolute Gasteiger partial charge is 0.330 e. The number of amides is 2. The highest BCUT2D eigenvalue weighted by atomic mass is 16.2. The number of nitrogens with zero attached hydrogens (tertiary/aromatic N) is 2. The number of rotatable bonds is 5. The van der Waals surface area contributed by atoms with Crippen LogP contribution in [0.15, 0.2) is 54.9 Å². The van der Waals surface area contributed by atoms with E-state index in [-0.39, 0.29) is 18.0 Å². The van der Waals surface area contributed by atoms with E-state index in [0.29, 0.717) is 0 Å². The number of aryl methyl sites for hydroxylation is 1. The number of imidazole rings is 1. The highest BCUT2D eigenvalue weighted by molar-refractivity contribution is 5.85. The molecule has 0 saturated heterocycles. The molecule has 0 aliphatic rings. The summed E-state index contributed by atoms with van der Waals surface area (Å²) in [6, 6.07) is 15.8. The average Bonchev–Trinajstić information content (AvgIpc) is 3.03. The highest BCUT2D eigenvalue weighted by Gasteiger charge is 2.18. The van der Waals surface area contributed by atoms with Crippen LogP contribution in [0.2, 0.25) is 0 Å². The first-order valence-corrected chi connectivity index (χ1v) is 8.67. The molecule has 1 atom stereocenters. The predicted octanol–water partition coefficient (Wildman–Crippen LogP) is 4.25. The van der Waals surface area contributed by atoms with Gasteiger partial charge in [-0.25, -0.2) is 19.9 Å². The van der Waals surface area contributed by atoms with Gasteiger partial charge in [-0.3, -0.25) is 0 Å². The molecule has 1 heterocycles. The summed E-state index contributed by atoms with van der Waals surface area (Å²) in [5.74, 6) is 0.276. The van der Waals surface area contributed by atoms with E-state index in [1.807, 2.05) is 24.3 Å². The number of para-hydroxylation sites is 2. The zero-order valence-electron chi connectivity index (χ0n) is 14.9. The Bertz CT molecular complexity index is 852. The Balaban J connectivity index is 1.74. The third kappa shape index (κ3) is 3.82. The second kappa shape index (κ2) is 7.38. The molecule has 0 aliphatic carbocycles. The summed E-state index contributed by atoms with van der Waals surface area (Å²) in [5, 5.41) is 3.07. The third-order valence-corrected chi connectivity index (χ3v) is 4.38. The minimum absolute atomic E-state index is 0.0549. The Morgan fingerprint density at radius 3 is 2.52 bits per heavy atom. The van der Waals surface area contributed by atoms with E-state index in [4.69, 9.17) is 0 Å². The molecular weight excluding hydrogens is 312 g/mol. The maximum Gasteiger partial charge on any atom is 0.334 e. The normalized spacial score (nSPS) is 12.3. The van der Waals surface area contributed by atoms with Gasteiger partial charge in [0.2, 0.25) is 0 Å². The van der Waals surface area contributed by atoms with Crippen LogP contribution in [-0.4, -0.2) is 15.7 Å². The molecule has 0 bridgehead atoms. The van der Waals surface area contributed by atoms with Crippen molar-refractivity contribution < 1.29 is 4.79 Å². The van der Waals surface area contributed by atoms with Gasteiger partial charge in [-0.1, -0.05) is 57.2 Å². The topological polar surface area (TPSA) is 59.0 Å². The van der Waals surface area contributed by atoms with E-state index >= 15 is 0 Å². The van der Waals surface area contributed by atoms with Crippen molar-refractivity contribution in [3.05, 3.63) is 66.0 Å². The van der Waals surface area contributed by atoms with Gasteiger partial charge in [0.05, 0.1) is 17.1 Å². The van der Waals surface area contributed by atoms with Gasteiger partial charge in [0.25, 0.3) is 0 Å². The molecular formula is C20H24N4O. The Morgan fingerprint density at radius 2 is 1.84 bits per heavy atom. The highest BCUT2D eigenvalue weighted by Crippen LogP contribution is 2.22. The van der Waals surface area contributed by atoms with Crippen LogP contribution < -0.4 is 10.7 Å². The summed E-state index contributed by atoms with van der Waals surface area (Å²) in [6.07, 6.45) is 2.62. The number of aromatic nitrogens is 2. The average molecular weight is 336 g/mol. The summed E-state index contributed by atoms with van der Waals surface area (Å²) in [7, 11) is 0. The summed E-state index contributed by atoms with van der Waals surface area (Å²) in [5.41, 5.74) is 6.96. The van der Waals surface area contributed by atoms with Crippen LogP contribution in [0.5, 0.6) is 0 Å². The van der Waals surface area contributed by atoms with Crippen LogP contribution in [0.25, 0.3) is 11.0 Å². The van der Waals surface area contributed by atoms with Gasteiger partial charge in [0.15, 0.2) is 0 Å². The van der Waals surface area contributed by atoms with Gasteiger partial charge < -0.3 is 5.32 Å². The van der Waals surface area contributed by atoms with Gasteiger partial charge in [0.1, 0.15) is 6.33 Å². The molecule has 3 aromatic rings. The van der Waals surface area contributed by atoms with Gasteiger partial charge in [0, 0.05) is 0 Å². The quantitative estimate of drug-likeness (QED) is 0.732. The maximum atomic E-state index is 12.5. The molecule has 1 unspecified atom stereocenters. The first kappa shape index (κ1) is 17.0. The number of carbonyl (C=O) groups excluding carboxylic acids is 1. The second-order valence-corrected chi connectivity index (χ2v) is 6.51. The van der Waals surface area contributed by atoms with E-state index in [1.54, 1.807) is 11.0 Å². The molecule has 0 fully saturated rings. The number of hydrogen-bond donors (Lipinski definition) is 2. The van der Waals surface area contributed by atoms with Crippen molar-refractivity contribution in [2.75, 3.05) is 5.43 Å². The van der Waals surface area contributed by atoms with Crippen LogP contribution in [0.3, 0.4) is 0 Å². The van der Waals surface area contributed by atoms with E-state index < -0.39 is 0 Å². The Kier molecular flexibility index (Phi) is 5.03. The van der Waals surface area contributed by atoms with Crippen LogP contribution in [0, 0.1) is 5.92 Å². The van der Waals surface area contributed by atoms with Crippen molar-refractivity contribution >= 4 is 17.1 Å². The lowest BCUT2D eigenvalue weighted by Crippen LogP contribution is -2.38. The third-order valence-electron chi connectivity index (χ3n) is 4.38. The van der Waals surface area contributed by atoms with Gasteiger partial charge in [-0.15, -0.1) is 0 Å². The fourth-order valence-electron chi connectivity index (χ4n) is 2.93. The van der Waals surface area contributed by atoms with Crippen molar-refractivity contribution in [1.82, 2.24) is 15.0 Å². The van der Waals surface area contributed by atoms with Crippen molar-refractivity contribution in [2.45, 2.75) is 33.2 Å². The molecule has 0 radical (unpaired) electrons. The van der Waals surface area contributed by atoms with Crippen molar-refractivity contribution in [3.63, 3.8) is 0 Å². The number of nitrogens with one attached hydrogen (secondary N) is 2.